The third kappa shape index (κ3) is 18.6. The summed E-state index contributed by atoms with van der Waals surface area (Å²) in [6.45, 7) is 4.82. The minimum absolute atomic E-state index is 0.139. The van der Waals surface area contributed by atoms with Gasteiger partial charge in [0.25, 0.3) is 0 Å². The lowest BCUT2D eigenvalue weighted by Gasteiger charge is -2.02. The first-order valence-corrected chi connectivity index (χ1v) is 10.9. The number of aliphatic hydroxyl groups is 4. The largest absolute Gasteiger partial charge is 0.396 e. The summed E-state index contributed by atoms with van der Waals surface area (Å²) < 4.78 is 4.71. The van der Waals surface area contributed by atoms with Crippen LogP contribution in [-0.2, 0) is 20.7 Å². The predicted molar refractivity (Wildman–Crippen MR) is 129 cm³/mol. The quantitative estimate of drug-likeness (QED) is 0.199. The van der Waals surface area contributed by atoms with Gasteiger partial charge in [-0.25, -0.2) is 9.59 Å². The molecular weight excluding hydrogens is 440 g/mol. The molecule has 0 saturated carbocycles. The molecule has 1 saturated heterocycles. The first-order valence-electron chi connectivity index (χ1n) is 10.9. The molecule has 0 aliphatic carbocycles. The Bertz CT molecular complexity index is 790. The van der Waals surface area contributed by atoms with Crippen molar-refractivity contribution in [1.29, 1.82) is 0 Å². The molecule has 0 bridgehead atoms. The number of aliphatic imine (C=N–C) groups is 2. The van der Waals surface area contributed by atoms with E-state index in [0.29, 0.717) is 17.5 Å². The molecule has 0 aromatic heterocycles. The number of rotatable bonds is 8. The highest BCUT2D eigenvalue weighted by atomic mass is 16.6. The molecule has 0 radical (unpaired) electrons. The highest BCUT2D eigenvalue weighted by Gasteiger charge is 2.13. The number of hydrogen-bond acceptors (Lipinski definition) is 9. The number of aliphatic hydroxyl groups excluding tert-OH is 4. The summed E-state index contributed by atoms with van der Waals surface area (Å²) in [4.78, 5) is 27.3. The van der Waals surface area contributed by atoms with Gasteiger partial charge in [0, 0.05) is 13.2 Å². The molecule has 9 heteroatoms. The van der Waals surface area contributed by atoms with Crippen molar-refractivity contribution in [2.24, 2.45) is 9.98 Å². The van der Waals surface area contributed by atoms with Crippen LogP contribution in [0.2, 0.25) is 0 Å². The Morgan fingerprint density at radius 2 is 1.21 bits per heavy atom. The first-order chi connectivity index (χ1) is 16.4. The maximum atomic E-state index is 10.1. The van der Waals surface area contributed by atoms with Gasteiger partial charge in [-0.1, -0.05) is 24.3 Å². The zero-order chi connectivity index (χ0) is 25.6. The van der Waals surface area contributed by atoms with Gasteiger partial charge in [0.05, 0.1) is 36.8 Å². The van der Waals surface area contributed by atoms with Crippen LogP contribution in [0.4, 0.5) is 11.4 Å². The Hall–Kier alpha value is -3.00. The second kappa shape index (κ2) is 20.6. The van der Waals surface area contributed by atoms with E-state index in [2.05, 4.69) is 16.9 Å². The summed E-state index contributed by atoms with van der Waals surface area (Å²) in [5.74, 6) is 0. The summed E-state index contributed by atoms with van der Waals surface area (Å²) in [5, 5.41) is 32.2. The van der Waals surface area contributed by atoms with E-state index in [4.69, 9.17) is 25.2 Å². The molecule has 2 unspecified atom stereocenters. The van der Waals surface area contributed by atoms with Crippen molar-refractivity contribution in [3.63, 3.8) is 0 Å². The Morgan fingerprint density at radius 3 is 1.41 bits per heavy atom. The average Bonchev–Trinajstić information content (AvgIpc) is 3.64. The molecule has 2 atom stereocenters. The van der Waals surface area contributed by atoms with E-state index in [9.17, 15) is 9.59 Å². The molecular formula is C25H34N2O7. The van der Waals surface area contributed by atoms with Crippen LogP contribution >= 0.6 is 0 Å². The van der Waals surface area contributed by atoms with Crippen LogP contribution in [0.25, 0.3) is 0 Å². The Kier molecular flexibility index (Phi) is 18.8. The van der Waals surface area contributed by atoms with Crippen LogP contribution in [0.3, 0.4) is 0 Å². The van der Waals surface area contributed by atoms with Crippen molar-refractivity contribution in [2.45, 2.75) is 45.3 Å². The van der Waals surface area contributed by atoms with E-state index in [-0.39, 0.29) is 19.8 Å². The molecule has 0 spiro atoms. The van der Waals surface area contributed by atoms with Gasteiger partial charge < -0.3 is 25.2 Å². The molecule has 186 valence electrons. The molecule has 1 heterocycles. The van der Waals surface area contributed by atoms with Gasteiger partial charge in [0.15, 0.2) is 0 Å². The van der Waals surface area contributed by atoms with E-state index in [0.717, 1.165) is 37.0 Å². The van der Waals surface area contributed by atoms with Crippen LogP contribution in [0.15, 0.2) is 58.5 Å². The van der Waals surface area contributed by atoms with Crippen LogP contribution in [0.1, 0.15) is 37.8 Å². The fourth-order valence-electron chi connectivity index (χ4n) is 2.04. The van der Waals surface area contributed by atoms with Gasteiger partial charge in [-0.2, -0.15) is 9.98 Å². The lowest BCUT2D eigenvalue weighted by Crippen LogP contribution is -2.03. The second-order valence-corrected chi connectivity index (χ2v) is 7.25. The number of isocyanates is 2. The fraction of sp³-hybridized carbons (Fsp3) is 0.440. The zero-order valence-electron chi connectivity index (χ0n) is 19.6. The summed E-state index contributed by atoms with van der Waals surface area (Å²) in [7, 11) is 0. The normalized spacial score (nSPS) is 13.6. The topological polar surface area (TPSA) is 152 Å². The van der Waals surface area contributed by atoms with Crippen LogP contribution in [-0.4, -0.2) is 71.2 Å². The number of hydrogen-bond donors (Lipinski definition) is 4. The van der Waals surface area contributed by atoms with Crippen molar-refractivity contribution in [2.75, 3.05) is 26.4 Å². The lowest BCUT2D eigenvalue weighted by molar-refractivity contribution is 0.110. The molecule has 9 nitrogen and oxygen atoms in total. The molecule has 4 N–H and O–H groups in total. The van der Waals surface area contributed by atoms with E-state index in [1.165, 1.54) is 19.1 Å². The van der Waals surface area contributed by atoms with E-state index in [1.54, 1.807) is 24.3 Å². The smallest absolute Gasteiger partial charge is 0.240 e. The highest BCUT2D eigenvalue weighted by molar-refractivity contribution is 5.51. The van der Waals surface area contributed by atoms with E-state index in [1.807, 2.05) is 24.3 Å². The van der Waals surface area contributed by atoms with Crippen molar-refractivity contribution >= 4 is 23.5 Å². The number of unbranched alkanes of at least 4 members (excludes halogenated alkanes) is 1. The van der Waals surface area contributed by atoms with Crippen molar-refractivity contribution in [3.8, 4) is 0 Å². The third-order valence-corrected chi connectivity index (χ3v) is 3.96. The SMILES string of the molecule is CC(O)CO.CC1CO1.O=C=Nc1ccc(Cc2ccc(N=C=O)cc2)cc1.OCCCCO. The fourth-order valence-corrected chi connectivity index (χ4v) is 2.04. The molecule has 34 heavy (non-hydrogen) atoms. The van der Waals surface area contributed by atoms with Gasteiger partial charge in [-0.15, -0.1) is 0 Å². The van der Waals surface area contributed by atoms with Crippen molar-refractivity contribution in [3.05, 3.63) is 59.7 Å². The summed E-state index contributed by atoms with van der Waals surface area (Å²) in [6, 6.07) is 14.7. The van der Waals surface area contributed by atoms with Gasteiger partial charge in [-0.3, -0.25) is 0 Å². The summed E-state index contributed by atoms with van der Waals surface area (Å²) >= 11 is 0. The molecule has 1 fully saturated rings. The number of epoxide rings is 1. The maximum Gasteiger partial charge on any atom is 0.240 e. The van der Waals surface area contributed by atoms with Gasteiger partial charge in [-0.05, 0) is 68.5 Å². The Morgan fingerprint density at radius 1 is 0.882 bits per heavy atom. The molecule has 3 rings (SSSR count). The number of carbonyl (C=O) groups excluding carboxylic acids is 2. The van der Waals surface area contributed by atoms with Crippen molar-refractivity contribution in [1.82, 2.24) is 0 Å². The molecule has 1 aliphatic heterocycles. The van der Waals surface area contributed by atoms with E-state index < -0.39 is 6.10 Å². The van der Waals surface area contributed by atoms with Gasteiger partial charge in [0.1, 0.15) is 0 Å². The highest BCUT2D eigenvalue weighted by Crippen LogP contribution is 2.17. The molecule has 2 aromatic rings. The molecule has 1 aliphatic rings. The molecule has 2 aromatic carbocycles. The predicted octanol–water partition coefficient (Wildman–Crippen LogP) is 2.73. The number of ether oxygens (including phenoxy) is 1. The Labute approximate surface area is 200 Å². The lowest BCUT2D eigenvalue weighted by atomic mass is 10.0. The third-order valence-electron chi connectivity index (χ3n) is 3.96. The average molecular weight is 475 g/mol. The summed E-state index contributed by atoms with van der Waals surface area (Å²) in [6.07, 6.45) is 5.23. The monoisotopic (exact) mass is 474 g/mol. The minimum atomic E-state index is -0.560. The standard InChI is InChI=1S/C15H10N2O2.C4H10O2.C3H8O2.C3H6O/c18-10-16-14-5-1-12(2-6-14)9-13-3-7-15(8-4-13)17-11-19;5-3-1-2-4-6;1-3(5)2-4;1-3-2-4-3/h1-8H,9H2;5-6H,1-4H2;3-5H,2H2,1H3;3H,2H2,1H3. The van der Waals surface area contributed by atoms with E-state index >= 15 is 0 Å². The Balaban J connectivity index is 0.000000588. The summed E-state index contributed by atoms with van der Waals surface area (Å²) in [5.41, 5.74) is 3.40. The maximum absolute atomic E-state index is 10.1. The number of nitrogens with zero attached hydrogens (tertiary/aromatic N) is 2. The minimum Gasteiger partial charge on any atom is -0.396 e. The van der Waals surface area contributed by atoms with Gasteiger partial charge >= 0.3 is 0 Å². The van der Waals surface area contributed by atoms with Crippen molar-refractivity contribution < 1.29 is 34.8 Å². The van der Waals surface area contributed by atoms with Crippen LogP contribution < -0.4 is 0 Å². The van der Waals surface area contributed by atoms with Crippen LogP contribution in [0.5, 0.6) is 0 Å². The molecule has 0 amide bonds. The first kappa shape index (κ1) is 31.0. The van der Waals surface area contributed by atoms with Crippen LogP contribution in [0, 0.1) is 0 Å². The number of benzene rings is 2. The second-order valence-electron chi connectivity index (χ2n) is 7.25. The zero-order valence-corrected chi connectivity index (χ0v) is 19.6. The van der Waals surface area contributed by atoms with Gasteiger partial charge in [0.2, 0.25) is 12.2 Å².